The first-order chi connectivity index (χ1) is 14.7. The summed E-state index contributed by atoms with van der Waals surface area (Å²) in [6, 6.07) is 7.92. The van der Waals surface area contributed by atoms with E-state index in [-0.39, 0.29) is 26.8 Å². The van der Waals surface area contributed by atoms with E-state index in [2.05, 4.69) is 72.7 Å². The summed E-state index contributed by atoms with van der Waals surface area (Å²) in [6.45, 7) is 17.1. The summed E-state index contributed by atoms with van der Waals surface area (Å²) in [7, 11) is 0. The first kappa shape index (κ1) is 28.3. The van der Waals surface area contributed by atoms with Gasteiger partial charge in [0.05, 0.1) is 0 Å². The maximum absolute atomic E-state index is 12.6. The van der Waals surface area contributed by atoms with Gasteiger partial charge in [-0.2, -0.15) is 5.56 Å². The number of rotatable bonds is 9. The summed E-state index contributed by atoms with van der Waals surface area (Å²) in [6.07, 6.45) is 11.7. The molecule has 2 heteroatoms. The van der Waals surface area contributed by atoms with Crippen LogP contribution < -0.4 is 0 Å². The van der Waals surface area contributed by atoms with Crippen LogP contribution in [0.4, 0.5) is 0 Å². The Morgan fingerprint density at radius 1 is 0.969 bits per heavy atom. The number of aryl methyl sites for hydroxylation is 3. The van der Waals surface area contributed by atoms with Crippen molar-refractivity contribution in [3.05, 3.63) is 80.4 Å². The van der Waals surface area contributed by atoms with Crippen LogP contribution in [0.3, 0.4) is 0 Å². The van der Waals surface area contributed by atoms with Crippen LogP contribution in [-0.2, 0) is 32.3 Å². The standard InChI is InChI=1S/C30H38O.W/c1-9-11-12-29-21(4)17-26(18-22(29)5)13-15-28(31)16-14-27(10-2)30-19-20(3)23(6)24(7)25(30)8;/h13,15,17-18H,9,11-12,14,16H2,1-8H3;/q-2;+2/b15-13+;. The Morgan fingerprint density at radius 2 is 1.59 bits per heavy atom. The molecule has 0 heterocycles. The molecule has 2 aromatic rings. The third-order valence-electron chi connectivity index (χ3n) is 6.56. The third kappa shape index (κ3) is 7.14. The van der Waals surface area contributed by atoms with Crippen molar-refractivity contribution >= 4 is 17.4 Å². The summed E-state index contributed by atoms with van der Waals surface area (Å²) in [5.74, 6) is 0.149. The maximum atomic E-state index is 12.6. The Hall–Kier alpha value is -1.72. The number of carbonyl (C=O) groups is 1. The third-order valence-corrected chi connectivity index (χ3v) is 6.56. The molecular weight excluding hydrogens is 560 g/mol. The zero-order chi connectivity index (χ0) is 23.1. The van der Waals surface area contributed by atoms with Crippen LogP contribution in [0.15, 0.2) is 18.2 Å². The zero-order valence-electron chi connectivity index (χ0n) is 21.2. The van der Waals surface area contributed by atoms with Crippen molar-refractivity contribution in [1.82, 2.24) is 0 Å². The van der Waals surface area contributed by atoms with Crippen LogP contribution in [0.5, 0.6) is 0 Å². The largest absolute Gasteiger partial charge is 2.00 e. The van der Waals surface area contributed by atoms with Gasteiger partial charge in [0.1, 0.15) is 0 Å². The SMILES string of the molecule is C[C-]=C(CCC(=O)/C=C/c1cc(C)c(CCCC)c(C)c1)c1[c-]c(C)c(C)c(C)c1C.[W+2]. The van der Waals surface area contributed by atoms with Crippen molar-refractivity contribution in [3.8, 4) is 0 Å². The van der Waals surface area contributed by atoms with Gasteiger partial charge in [0.25, 0.3) is 0 Å². The van der Waals surface area contributed by atoms with E-state index in [0.717, 1.165) is 23.1 Å². The Bertz CT molecular complexity index is 985. The molecule has 0 bridgehead atoms. The monoisotopic (exact) mass is 598 g/mol. The van der Waals surface area contributed by atoms with Gasteiger partial charge < -0.3 is 6.08 Å². The number of hydrogen-bond acceptors (Lipinski definition) is 1. The number of allylic oxidation sites excluding steroid dienone is 3. The van der Waals surface area contributed by atoms with Gasteiger partial charge in [-0.3, -0.25) is 15.9 Å². The molecule has 0 aliphatic rings. The van der Waals surface area contributed by atoms with E-state index in [0.29, 0.717) is 12.8 Å². The quantitative estimate of drug-likeness (QED) is 0.212. The number of benzene rings is 2. The average Bonchev–Trinajstić information content (AvgIpc) is 2.74. The molecule has 2 rings (SSSR count). The van der Waals surface area contributed by atoms with E-state index in [1.54, 1.807) is 6.08 Å². The van der Waals surface area contributed by atoms with Gasteiger partial charge in [-0.05, 0) is 55.0 Å². The average molecular weight is 598 g/mol. The van der Waals surface area contributed by atoms with Crippen molar-refractivity contribution in [1.29, 1.82) is 0 Å². The van der Waals surface area contributed by atoms with Crippen LogP contribution in [0.1, 0.15) is 89.6 Å². The Balaban J connectivity index is 0.00000512. The van der Waals surface area contributed by atoms with E-state index >= 15 is 0 Å². The molecule has 0 N–H and O–H groups in total. The maximum Gasteiger partial charge on any atom is 2.00 e. The van der Waals surface area contributed by atoms with Gasteiger partial charge in [0.15, 0.2) is 5.78 Å². The topological polar surface area (TPSA) is 17.1 Å². The Labute approximate surface area is 210 Å². The molecule has 0 saturated heterocycles. The normalized spacial score (nSPS) is 11.7. The number of unbranched alkanes of at least 4 members (excludes halogenated alkanes) is 1. The molecule has 0 aliphatic heterocycles. The van der Waals surface area contributed by atoms with Crippen LogP contribution in [0.2, 0.25) is 0 Å². The zero-order valence-corrected chi connectivity index (χ0v) is 24.1. The molecule has 0 spiro atoms. The molecule has 0 amide bonds. The minimum absolute atomic E-state index is 0. The van der Waals surface area contributed by atoms with Crippen LogP contribution in [0.25, 0.3) is 11.6 Å². The summed E-state index contributed by atoms with van der Waals surface area (Å²) in [4.78, 5) is 12.6. The Morgan fingerprint density at radius 3 is 2.16 bits per heavy atom. The molecule has 170 valence electrons. The fourth-order valence-electron chi connectivity index (χ4n) is 4.19. The van der Waals surface area contributed by atoms with Crippen molar-refractivity contribution in [2.24, 2.45) is 0 Å². The van der Waals surface area contributed by atoms with E-state index in [9.17, 15) is 4.79 Å². The molecule has 0 aliphatic carbocycles. The van der Waals surface area contributed by atoms with Gasteiger partial charge in [-0.15, -0.1) is 18.1 Å². The molecular formula is C30H38OW. The molecule has 0 aromatic heterocycles. The smallest absolute Gasteiger partial charge is 0.326 e. The van der Waals surface area contributed by atoms with Crippen LogP contribution >= 0.6 is 0 Å². The van der Waals surface area contributed by atoms with E-state index in [4.69, 9.17) is 0 Å². The number of ketones is 1. The van der Waals surface area contributed by atoms with Crippen molar-refractivity contribution in [2.75, 3.05) is 0 Å². The molecule has 1 nitrogen and oxygen atoms in total. The summed E-state index contributed by atoms with van der Waals surface area (Å²) in [5.41, 5.74) is 12.4. The van der Waals surface area contributed by atoms with E-state index in [1.165, 1.54) is 51.8 Å². The Kier molecular flexibility index (Phi) is 11.6. The van der Waals surface area contributed by atoms with Gasteiger partial charge >= 0.3 is 21.1 Å². The second kappa shape index (κ2) is 13.1. The summed E-state index contributed by atoms with van der Waals surface area (Å²) < 4.78 is 0. The van der Waals surface area contributed by atoms with Gasteiger partial charge in [-0.25, -0.2) is 11.6 Å². The minimum atomic E-state index is 0. The van der Waals surface area contributed by atoms with Crippen molar-refractivity contribution in [3.63, 3.8) is 0 Å². The second-order valence-corrected chi connectivity index (χ2v) is 8.77. The van der Waals surface area contributed by atoms with E-state index in [1.807, 2.05) is 13.0 Å². The minimum Gasteiger partial charge on any atom is -0.326 e. The fourth-order valence-corrected chi connectivity index (χ4v) is 4.19. The molecule has 0 fully saturated rings. The molecule has 0 atom stereocenters. The van der Waals surface area contributed by atoms with Crippen LogP contribution in [-0.4, -0.2) is 5.78 Å². The van der Waals surface area contributed by atoms with Gasteiger partial charge in [0, 0.05) is 6.42 Å². The molecule has 32 heavy (non-hydrogen) atoms. The molecule has 0 radical (unpaired) electrons. The first-order valence-electron chi connectivity index (χ1n) is 11.5. The molecule has 2 aromatic carbocycles. The number of carbonyl (C=O) groups excluding carboxylic acids is 1. The van der Waals surface area contributed by atoms with Crippen molar-refractivity contribution in [2.45, 2.75) is 87.5 Å². The molecule has 0 saturated carbocycles. The van der Waals surface area contributed by atoms with Crippen LogP contribution in [0, 0.1) is 53.7 Å². The van der Waals surface area contributed by atoms with Gasteiger partial charge in [0.2, 0.25) is 0 Å². The fraction of sp³-hybridized carbons (Fsp3) is 0.433. The van der Waals surface area contributed by atoms with E-state index < -0.39 is 0 Å². The predicted octanol–water partition coefficient (Wildman–Crippen LogP) is 7.95. The first-order valence-corrected chi connectivity index (χ1v) is 11.5. The van der Waals surface area contributed by atoms with Crippen molar-refractivity contribution < 1.29 is 25.9 Å². The summed E-state index contributed by atoms with van der Waals surface area (Å²) in [5, 5.41) is 0. The number of hydrogen-bond donors (Lipinski definition) is 0. The summed E-state index contributed by atoms with van der Waals surface area (Å²) >= 11 is 0. The second-order valence-electron chi connectivity index (χ2n) is 8.77. The van der Waals surface area contributed by atoms with Gasteiger partial charge in [-0.1, -0.05) is 65.7 Å². The molecule has 0 unspecified atom stereocenters. The predicted molar refractivity (Wildman–Crippen MR) is 134 cm³/mol.